The van der Waals surface area contributed by atoms with E-state index < -0.39 is 24.0 Å². The molecule has 4 N–H and O–H groups in total. The van der Waals surface area contributed by atoms with Gasteiger partial charge in [-0.15, -0.1) is 0 Å². The largest absolute Gasteiger partial charge is 0.395 e. The average molecular weight is 772 g/mol. The van der Waals surface area contributed by atoms with Gasteiger partial charge in [0.15, 0.2) is 23.3 Å². The number of hydrogen-bond acceptors (Lipinski definition) is 14. The molecule has 2 bridgehead atoms. The van der Waals surface area contributed by atoms with Crippen molar-refractivity contribution < 1.29 is 34.3 Å². The summed E-state index contributed by atoms with van der Waals surface area (Å²) in [5.74, 6) is 2.29. The van der Waals surface area contributed by atoms with E-state index in [2.05, 4.69) is 42.3 Å². The summed E-state index contributed by atoms with van der Waals surface area (Å²) in [6.45, 7) is 14.2. The summed E-state index contributed by atoms with van der Waals surface area (Å²) in [5.41, 5.74) is 0.939. The Morgan fingerprint density at radius 1 is 1.09 bits per heavy atom. The van der Waals surface area contributed by atoms with Crippen LogP contribution in [0, 0.1) is 37.5 Å². The number of halogens is 1. The fourth-order valence-electron chi connectivity index (χ4n) is 8.52. The van der Waals surface area contributed by atoms with Gasteiger partial charge in [0.2, 0.25) is 5.79 Å². The second-order valence-electron chi connectivity index (χ2n) is 15.0. The highest BCUT2D eigenvalue weighted by Gasteiger charge is 2.69. The highest BCUT2D eigenvalue weighted by Crippen LogP contribution is 2.60. The third-order valence-corrected chi connectivity index (χ3v) is 12.7. The molecule has 1 amide bonds. The molecule has 288 valence electrons. The van der Waals surface area contributed by atoms with Gasteiger partial charge in [0.25, 0.3) is 5.91 Å². The molecule has 16 heteroatoms. The molecule has 1 aliphatic carbocycles. The van der Waals surface area contributed by atoms with Crippen molar-refractivity contribution in [2.45, 2.75) is 84.3 Å². The Balaban J connectivity index is 0.000000184. The summed E-state index contributed by atoms with van der Waals surface area (Å²) in [6.07, 6.45) is 4.26. The van der Waals surface area contributed by atoms with E-state index in [1.165, 1.54) is 24.0 Å². The number of fused-ring (bicyclic) bond motifs is 2. The minimum absolute atomic E-state index is 0.0379. The van der Waals surface area contributed by atoms with E-state index in [1.54, 1.807) is 6.07 Å². The fourth-order valence-corrected chi connectivity index (χ4v) is 9.50. The standard InChI is InChI=1S/C22H26ClN7O2S.C15H24O5/c1-14-4-3-5-16(23)20(14)28-21(32)17-13-24-22(33-17)27-18-12-19(26-15(2)25-18)30-8-6-29(7-9-30)10-11-31;1-8-4-5-11-9(2)12(16)17-13-15(11)10(8)6-7-14(3,18-13)19-20-15/h3-5,12-13,31H,6-11H2,1-2H3,(H,28,32)(H,24,25,26,27);8-13,16H,4-7H2,1-3H3/t;8-,9-,10+,11+,12+,13-,14-,15-/m.1/s1. The Hall–Kier alpha value is -2.99. The number of carbonyl (C=O) groups excluding carboxylic acids is 1. The van der Waals surface area contributed by atoms with Crippen LogP contribution in [-0.2, 0) is 19.2 Å². The lowest BCUT2D eigenvalue weighted by molar-refractivity contribution is -0.576. The fraction of sp³-hybridized carbons (Fsp3) is 0.622. The maximum Gasteiger partial charge on any atom is 0.267 e. The molecule has 1 aromatic carbocycles. The van der Waals surface area contributed by atoms with Crippen LogP contribution in [0.2, 0.25) is 5.02 Å². The molecule has 14 nitrogen and oxygen atoms in total. The number of carbonyl (C=O) groups is 1. The van der Waals surface area contributed by atoms with Gasteiger partial charge in [0, 0.05) is 57.0 Å². The van der Waals surface area contributed by atoms with Crippen molar-refractivity contribution in [3.63, 3.8) is 0 Å². The van der Waals surface area contributed by atoms with Crippen molar-refractivity contribution in [3.05, 3.63) is 51.7 Å². The number of rotatable bonds is 7. The minimum Gasteiger partial charge on any atom is -0.395 e. The van der Waals surface area contributed by atoms with Crippen molar-refractivity contribution in [1.29, 1.82) is 0 Å². The van der Waals surface area contributed by atoms with E-state index in [9.17, 15) is 9.90 Å². The van der Waals surface area contributed by atoms with E-state index >= 15 is 0 Å². The van der Waals surface area contributed by atoms with Crippen molar-refractivity contribution in [3.8, 4) is 0 Å². The molecule has 0 radical (unpaired) electrons. The quantitative estimate of drug-likeness (QED) is 0.223. The topological polar surface area (TPSA) is 164 Å². The molecule has 0 unspecified atom stereocenters. The Kier molecular flexibility index (Phi) is 11.3. The number of aliphatic hydroxyl groups excluding tert-OH is 2. The van der Waals surface area contributed by atoms with Crippen LogP contribution in [0.4, 0.5) is 22.5 Å². The first-order chi connectivity index (χ1) is 25.4. The van der Waals surface area contributed by atoms with E-state index in [0.717, 1.165) is 56.8 Å². The Labute approximate surface area is 319 Å². The zero-order valence-corrected chi connectivity index (χ0v) is 32.5. The van der Waals surface area contributed by atoms with E-state index in [-0.39, 0.29) is 24.3 Å². The van der Waals surface area contributed by atoms with Crippen LogP contribution >= 0.6 is 22.9 Å². The van der Waals surface area contributed by atoms with Crippen LogP contribution in [-0.4, -0.2) is 99.3 Å². The van der Waals surface area contributed by atoms with Crippen LogP contribution in [0.25, 0.3) is 0 Å². The third kappa shape index (κ3) is 7.78. The first kappa shape index (κ1) is 38.3. The molecule has 1 spiro atoms. The van der Waals surface area contributed by atoms with Gasteiger partial charge < -0.3 is 35.2 Å². The molecule has 6 aliphatic rings. The van der Waals surface area contributed by atoms with Gasteiger partial charge in [-0.2, -0.15) is 0 Å². The average Bonchev–Trinajstić information content (AvgIpc) is 3.48. The van der Waals surface area contributed by atoms with Gasteiger partial charge in [-0.3, -0.25) is 9.69 Å². The van der Waals surface area contributed by atoms with Gasteiger partial charge >= 0.3 is 0 Å². The number of ether oxygens (including phenoxy) is 2. The summed E-state index contributed by atoms with van der Waals surface area (Å²) in [5, 5.41) is 26.4. The maximum absolute atomic E-state index is 12.7. The SMILES string of the molecule is C[C@H]1[C@@H](O)O[C@@H]2O[C@@]3(C)CC[C@H]4[C@H](C)CC[C@@H]1[C@@]24OO3.Cc1nc(Nc2ncc(C(=O)Nc3c(C)cccc3Cl)s2)cc(N2CCN(CCO)CC2)n1. The molecule has 5 saturated heterocycles. The predicted octanol–water partition coefficient (Wildman–Crippen LogP) is 5.50. The summed E-state index contributed by atoms with van der Waals surface area (Å²) >= 11 is 7.46. The minimum atomic E-state index is -0.781. The molecule has 5 aliphatic heterocycles. The normalized spacial score (nSPS) is 32.3. The number of nitrogens with zero attached hydrogens (tertiary/aromatic N) is 5. The van der Waals surface area contributed by atoms with Crippen LogP contribution in [0.1, 0.15) is 67.5 Å². The van der Waals surface area contributed by atoms with Crippen molar-refractivity contribution >= 4 is 51.3 Å². The molecule has 6 fully saturated rings. The first-order valence-corrected chi connectivity index (χ1v) is 19.7. The van der Waals surface area contributed by atoms with E-state index in [4.69, 9.17) is 36.0 Å². The number of anilines is 4. The highest BCUT2D eigenvalue weighted by molar-refractivity contribution is 7.17. The highest BCUT2D eigenvalue weighted by atomic mass is 35.5. The molecule has 3 aromatic rings. The lowest BCUT2D eigenvalue weighted by Crippen LogP contribution is -2.70. The number of aryl methyl sites for hydroxylation is 2. The molecular formula is C37H50ClN7O7S. The second kappa shape index (κ2) is 15.6. The maximum atomic E-state index is 12.7. The van der Waals surface area contributed by atoms with E-state index in [0.29, 0.717) is 50.7 Å². The smallest absolute Gasteiger partial charge is 0.267 e. The Morgan fingerprint density at radius 2 is 1.89 bits per heavy atom. The number of thiazole rings is 1. The van der Waals surface area contributed by atoms with Gasteiger partial charge in [-0.25, -0.2) is 24.7 Å². The molecule has 53 heavy (non-hydrogen) atoms. The Morgan fingerprint density at radius 3 is 2.64 bits per heavy atom. The predicted molar refractivity (Wildman–Crippen MR) is 201 cm³/mol. The number of nitrogens with one attached hydrogen (secondary N) is 2. The third-order valence-electron chi connectivity index (χ3n) is 11.5. The monoisotopic (exact) mass is 771 g/mol. The van der Waals surface area contributed by atoms with Crippen LogP contribution in [0.3, 0.4) is 0 Å². The number of aliphatic hydroxyl groups is 2. The summed E-state index contributed by atoms with van der Waals surface area (Å²) < 4.78 is 11.9. The zero-order chi connectivity index (χ0) is 37.5. The molecule has 2 aromatic heterocycles. The van der Waals surface area contributed by atoms with Gasteiger partial charge in [-0.1, -0.05) is 48.9 Å². The summed E-state index contributed by atoms with van der Waals surface area (Å²) in [7, 11) is 0. The van der Waals surface area contributed by atoms with Crippen molar-refractivity contribution in [2.24, 2.45) is 23.7 Å². The molecule has 8 atom stereocenters. The first-order valence-electron chi connectivity index (χ1n) is 18.5. The number of amides is 1. The van der Waals surface area contributed by atoms with Crippen LogP contribution < -0.4 is 15.5 Å². The van der Waals surface area contributed by atoms with Crippen LogP contribution in [0.15, 0.2) is 30.5 Å². The van der Waals surface area contributed by atoms with Gasteiger partial charge in [-0.05, 0) is 63.5 Å². The lowest BCUT2D eigenvalue weighted by atomic mass is 9.58. The molecular weight excluding hydrogens is 722 g/mol. The van der Waals surface area contributed by atoms with E-state index in [1.807, 2.05) is 45.9 Å². The molecule has 7 heterocycles. The number of para-hydroxylation sites is 1. The number of piperazine rings is 1. The molecule has 1 saturated carbocycles. The number of aromatic nitrogens is 3. The Bertz CT molecular complexity index is 1750. The summed E-state index contributed by atoms with van der Waals surface area (Å²) in [6, 6.07) is 7.37. The lowest BCUT2D eigenvalue weighted by Gasteiger charge is -2.59. The zero-order valence-electron chi connectivity index (χ0n) is 30.9. The van der Waals surface area contributed by atoms with Gasteiger partial charge in [0.05, 0.1) is 23.5 Å². The van der Waals surface area contributed by atoms with Gasteiger partial charge in [0.1, 0.15) is 22.3 Å². The van der Waals surface area contributed by atoms with Crippen LogP contribution in [0.5, 0.6) is 0 Å². The molecule has 9 rings (SSSR count). The summed E-state index contributed by atoms with van der Waals surface area (Å²) in [4.78, 5) is 42.6. The number of β-amino-alcohol motifs (C(OH)–C–C–N with tert-alkyl or cyclic N) is 1. The van der Waals surface area contributed by atoms with Crippen molar-refractivity contribution in [1.82, 2.24) is 19.9 Å². The number of benzene rings is 1. The second-order valence-corrected chi connectivity index (χ2v) is 16.5. The number of hydrogen-bond donors (Lipinski definition) is 4. The van der Waals surface area contributed by atoms with Crippen molar-refractivity contribution in [2.75, 3.05) is 54.9 Å².